The first-order valence-corrected chi connectivity index (χ1v) is 7.53. The topological polar surface area (TPSA) is 52.7 Å². The van der Waals surface area contributed by atoms with Gasteiger partial charge in [0, 0.05) is 31.2 Å². The van der Waals surface area contributed by atoms with Crippen molar-refractivity contribution in [3.63, 3.8) is 0 Å². The number of piperazine rings is 1. The highest BCUT2D eigenvalue weighted by Crippen LogP contribution is 2.22. The summed E-state index contributed by atoms with van der Waals surface area (Å²) in [5, 5.41) is 9.30. The summed E-state index contributed by atoms with van der Waals surface area (Å²) in [5.41, 5.74) is 5.77. The lowest BCUT2D eigenvalue weighted by molar-refractivity contribution is 0.0985. The quantitative estimate of drug-likeness (QED) is 0.731. The van der Waals surface area contributed by atoms with Gasteiger partial charge in [-0.1, -0.05) is 6.92 Å². The Labute approximate surface area is 111 Å². The van der Waals surface area contributed by atoms with Crippen LogP contribution >= 0.6 is 0 Å². The van der Waals surface area contributed by atoms with Crippen LogP contribution in [-0.2, 0) is 0 Å². The van der Waals surface area contributed by atoms with E-state index in [-0.39, 0.29) is 12.1 Å². The van der Waals surface area contributed by atoms with Gasteiger partial charge >= 0.3 is 0 Å². The summed E-state index contributed by atoms with van der Waals surface area (Å²) in [7, 11) is 0. The zero-order chi connectivity index (χ0) is 13.0. The van der Waals surface area contributed by atoms with Crippen LogP contribution in [0.15, 0.2) is 0 Å². The second-order valence-electron chi connectivity index (χ2n) is 6.11. The lowest BCUT2D eigenvalue weighted by Crippen LogP contribution is -2.50. The van der Waals surface area contributed by atoms with E-state index in [2.05, 4.69) is 16.7 Å². The summed E-state index contributed by atoms with van der Waals surface area (Å²) in [6, 6.07) is 0.811. The number of fused-ring (bicyclic) bond motifs is 1. The van der Waals surface area contributed by atoms with E-state index in [4.69, 9.17) is 5.73 Å². The molecule has 2 unspecified atom stereocenters. The average Bonchev–Trinajstić information content (AvgIpc) is 2.86. The van der Waals surface area contributed by atoms with Crippen molar-refractivity contribution in [2.45, 2.75) is 50.6 Å². The predicted molar refractivity (Wildman–Crippen MR) is 74.6 cm³/mol. The molecule has 2 heterocycles. The Morgan fingerprint density at radius 1 is 1.33 bits per heavy atom. The van der Waals surface area contributed by atoms with Gasteiger partial charge < -0.3 is 15.7 Å². The Hall–Kier alpha value is -0.160. The fourth-order valence-electron chi connectivity index (χ4n) is 3.28. The normalized spacial score (nSPS) is 29.2. The van der Waals surface area contributed by atoms with Crippen LogP contribution in [0.25, 0.3) is 0 Å². The molecule has 18 heavy (non-hydrogen) atoms. The van der Waals surface area contributed by atoms with Crippen LogP contribution in [-0.4, -0.2) is 65.8 Å². The molecule has 0 bridgehead atoms. The number of aliphatic hydroxyl groups is 1. The molecule has 2 fully saturated rings. The third kappa shape index (κ3) is 3.44. The molecule has 4 nitrogen and oxygen atoms in total. The molecule has 0 radical (unpaired) electrons. The van der Waals surface area contributed by atoms with Crippen molar-refractivity contribution >= 4 is 0 Å². The Bertz CT molecular complexity index is 255. The van der Waals surface area contributed by atoms with Gasteiger partial charge in [0.2, 0.25) is 0 Å². The lowest BCUT2D eigenvalue weighted by atomic mass is 9.92. The minimum Gasteiger partial charge on any atom is -0.394 e. The number of nitrogens with zero attached hydrogens (tertiary/aromatic N) is 2. The maximum Gasteiger partial charge on any atom is 0.0611 e. The molecule has 3 N–H and O–H groups in total. The fraction of sp³-hybridized carbons (Fsp3) is 1.00. The van der Waals surface area contributed by atoms with Gasteiger partial charge in [0.05, 0.1) is 6.61 Å². The first-order valence-electron chi connectivity index (χ1n) is 7.53. The first kappa shape index (κ1) is 14.3. The summed E-state index contributed by atoms with van der Waals surface area (Å²) in [6.07, 6.45) is 5.66. The Kier molecular flexibility index (Phi) is 5.01. The molecule has 0 aromatic rings. The minimum absolute atomic E-state index is 0.111. The van der Waals surface area contributed by atoms with Crippen LogP contribution in [0.2, 0.25) is 0 Å². The molecular weight excluding hydrogens is 226 g/mol. The van der Waals surface area contributed by atoms with Gasteiger partial charge in [-0.05, 0) is 45.2 Å². The molecule has 0 aliphatic carbocycles. The molecule has 0 amide bonds. The van der Waals surface area contributed by atoms with E-state index in [1.165, 1.54) is 39.0 Å². The summed E-state index contributed by atoms with van der Waals surface area (Å²) < 4.78 is 0. The maximum absolute atomic E-state index is 9.30. The lowest BCUT2D eigenvalue weighted by Gasteiger charge is -2.38. The fourth-order valence-corrected chi connectivity index (χ4v) is 3.28. The number of hydrogen-bond donors (Lipinski definition) is 2. The van der Waals surface area contributed by atoms with Crippen molar-refractivity contribution < 1.29 is 5.11 Å². The second kappa shape index (κ2) is 6.33. The summed E-state index contributed by atoms with van der Waals surface area (Å²) in [4.78, 5) is 5.23. The highest BCUT2D eigenvalue weighted by Gasteiger charge is 2.30. The van der Waals surface area contributed by atoms with Crippen molar-refractivity contribution in [1.29, 1.82) is 0 Å². The highest BCUT2D eigenvalue weighted by atomic mass is 16.3. The standard InChI is InChI=1S/C14H29N3O/c1-2-14(15,12-18)6-4-7-16-9-10-17-8-3-5-13(17)11-16/h13,18H,2-12,15H2,1H3. The smallest absolute Gasteiger partial charge is 0.0611 e. The maximum atomic E-state index is 9.30. The number of hydrogen-bond acceptors (Lipinski definition) is 4. The van der Waals surface area contributed by atoms with Gasteiger partial charge in [-0.15, -0.1) is 0 Å². The van der Waals surface area contributed by atoms with E-state index in [9.17, 15) is 5.11 Å². The molecule has 2 aliphatic heterocycles. The van der Waals surface area contributed by atoms with E-state index in [1.807, 2.05) is 0 Å². The monoisotopic (exact) mass is 255 g/mol. The van der Waals surface area contributed by atoms with Crippen LogP contribution in [0, 0.1) is 0 Å². The SMILES string of the molecule is CCC(N)(CO)CCCN1CCN2CCCC2C1. The van der Waals surface area contributed by atoms with E-state index in [0.717, 1.165) is 31.8 Å². The third-order valence-electron chi connectivity index (χ3n) is 4.84. The molecule has 106 valence electrons. The second-order valence-corrected chi connectivity index (χ2v) is 6.11. The van der Waals surface area contributed by atoms with E-state index < -0.39 is 0 Å². The molecule has 2 saturated heterocycles. The predicted octanol–water partition coefficient (Wildman–Crippen LogP) is 0.646. The summed E-state index contributed by atoms with van der Waals surface area (Å²) in [5.74, 6) is 0. The van der Waals surface area contributed by atoms with E-state index in [0.29, 0.717) is 0 Å². The Morgan fingerprint density at radius 3 is 2.89 bits per heavy atom. The Balaban J connectivity index is 1.68. The van der Waals surface area contributed by atoms with Crippen molar-refractivity contribution in [1.82, 2.24) is 9.80 Å². The molecule has 2 aliphatic rings. The largest absolute Gasteiger partial charge is 0.394 e. The van der Waals surface area contributed by atoms with Gasteiger partial charge in [-0.25, -0.2) is 0 Å². The van der Waals surface area contributed by atoms with Gasteiger partial charge in [0.15, 0.2) is 0 Å². The van der Waals surface area contributed by atoms with Crippen LogP contribution in [0.3, 0.4) is 0 Å². The number of rotatable bonds is 6. The zero-order valence-electron chi connectivity index (χ0n) is 11.8. The van der Waals surface area contributed by atoms with Crippen molar-refractivity contribution in [3.8, 4) is 0 Å². The van der Waals surface area contributed by atoms with Crippen LogP contribution < -0.4 is 5.73 Å². The molecule has 0 aromatic carbocycles. The summed E-state index contributed by atoms with van der Waals surface area (Å²) in [6.45, 7) is 8.32. The molecule has 4 heteroatoms. The van der Waals surface area contributed by atoms with E-state index in [1.54, 1.807) is 0 Å². The molecule has 0 aromatic heterocycles. The van der Waals surface area contributed by atoms with Crippen molar-refractivity contribution in [3.05, 3.63) is 0 Å². The van der Waals surface area contributed by atoms with Crippen molar-refractivity contribution in [2.24, 2.45) is 5.73 Å². The van der Waals surface area contributed by atoms with Crippen LogP contribution in [0.5, 0.6) is 0 Å². The minimum atomic E-state index is -0.352. The zero-order valence-corrected chi connectivity index (χ0v) is 11.8. The van der Waals surface area contributed by atoms with Crippen LogP contribution in [0.1, 0.15) is 39.0 Å². The van der Waals surface area contributed by atoms with E-state index >= 15 is 0 Å². The first-order chi connectivity index (χ1) is 8.67. The molecule has 2 atom stereocenters. The summed E-state index contributed by atoms with van der Waals surface area (Å²) >= 11 is 0. The van der Waals surface area contributed by atoms with Gasteiger partial charge in [-0.3, -0.25) is 4.90 Å². The average molecular weight is 255 g/mol. The molecule has 0 saturated carbocycles. The van der Waals surface area contributed by atoms with Gasteiger partial charge in [0.25, 0.3) is 0 Å². The third-order valence-corrected chi connectivity index (χ3v) is 4.84. The van der Waals surface area contributed by atoms with Gasteiger partial charge in [0.1, 0.15) is 0 Å². The molecular formula is C14H29N3O. The van der Waals surface area contributed by atoms with Gasteiger partial charge in [-0.2, -0.15) is 0 Å². The highest BCUT2D eigenvalue weighted by molar-refractivity contribution is 4.87. The number of aliphatic hydroxyl groups excluding tert-OH is 1. The molecule has 0 spiro atoms. The number of nitrogens with two attached hydrogens (primary N) is 1. The molecule has 2 rings (SSSR count). The van der Waals surface area contributed by atoms with Crippen LogP contribution in [0.4, 0.5) is 0 Å². The van der Waals surface area contributed by atoms with Crippen molar-refractivity contribution in [2.75, 3.05) is 39.3 Å². The Morgan fingerprint density at radius 2 is 2.17 bits per heavy atom.